The number of nitrogens with two attached hydrogens (primary N) is 1. The molecule has 172 valence electrons. The fourth-order valence-corrected chi connectivity index (χ4v) is 2.79. The van der Waals surface area contributed by atoms with E-state index in [4.69, 9.17) is 5.73 Å². The summed E-state index contributed by atoms with van der Waals surface area (Å²) in [5.41, 5.74) is 6.34. The topological polar surface area (TPSA) is 171 Å². The second-order valence-electron chi connectivity index (χ2n) is 7.81. The number of nitrogens with one attached hydrogen (secondary N) is 3. The average Bonchev–Trinajstić information content (AvgIpc) is 2.70. The highest BCUT2D eigenvalue weighted by Crippen LogP contribution is 2.07. The van der Waals surface area contributed by atoms with Crippen LogP contribution in [0.1, 0.15) is 32.8 Å². The maximum absolute atomic E-state index is 12.8. The summed E-state index contributed by atoms with van der Waals surface area (Å²) in [6.07, 6.45) is 0.324. The van der Waals surface area contributed by atoms with Gasteiger partial charge in [-0.25, -0.2) is 4.79 Å². The van der Waals surface area contributed by atoms with Gasteiger partial charge in [-0.3, -0.25) is 14.4 Å². The first-order valence-electron chi connectivity index (χ1n) is 10.1. The summed E-state index contributed by atoms with van der Waals surface area (Å²) in [5.74, 6) is -3.30. The Kier molecular flexibility index (Phi) is 10.6. The summed E-state index contributed by atoms with van der Waals surface area (Å²) in [6.45, 7) is 4.34. The van der Waals surface area contributed by atoms with Crippen molar-refractivity contribution in [1.82, 2.24) is 16.0 Å². The molecule has 7 N–H and O–H groups in total. The molecule has 0 spiro atoms. The van der Waals surface area contributed by atoms with Gasteiger partial charge in [0, 0.05) is 6.42 Å². The highest BCUT2D eigenvalue weighted by atomic mass is 16.4. The first-order valence-corrected chi connectivity index (χ1v) is 10.1. The van der Waals surface area contributed by atoms with Crippen molar-refractivity contribution in [2.24, 2.45) is 11.7 Å². The van der Waals surface area contributed by atoms with Crippen LogP contribution in [0, 0.1) is 5.92 Å². The quantitative estimate of drug-likeness (QED) is 0.248. The molecule has 0 fully saturated rings. The lowest BCUT2D eigenvalue weighted by atomic mass is 10.0. The van der Waals surface area contributed by atoms with Gasteiger partial charge in [-0.05, 0) is 24.8 Å². The number of amides is 3. The van der Waals surface area contributed by atoms with Gasteiger partial charge in [0.1, 0.15) is 18.1 Å². The van der Waals surface area contributed by atoms with Gasteiger partial charge in [0.2, 0.25) is 17.7 Å². The van der Waals surface area contributed by atoms with E-state index in [1.165, 1.54) is 6.92 Å². The van der Waals surface area contributed by atoms with E-state index in [1.807, 2.05) is 13.8 Å². The summed E-state index contributed by atoms with van der Waals surface area (Å²) < 4.78 is 0. The normalized spacial score (nSPS) is 14.8. The van der Waals surface area contributed by atoms with Crippen molar-refractivity contribution >= 4 is 23.7 Å². The minimum atomic E-state index is -1.38. The van der Waals surface area contributed by atoms with Crippen molar-refractivity contribution in [3.05, 3.63) is 35.9 Å². The van der Waals surface area contributed by atoms with Crippen molar-refractivity contribution in [2.45, 2.75) is 57.8 Å². The molecule has 0 aliphatic rings. The Balaban J connectivity index is 2.92. The highest BCUT2D eigenvalue weighted by molar-refractivity contribution is 5.94. The van der Waals surface area contributed by atoms with Gasteiger partial charge in [-0.1, -0.05) is 44.2 Å². The van der Waals surface area contributed by atoms with Gasteiger partial charge in [-0.2, -0.15) is 0 Å². The Labute approximate surface area is 181 Å². The minimum Gasteiger partial charge on any atom is -0.480 e. The lowest BCUT2D eigenvalue weighted by Gasteiger charge is -2.24. The van der Waals surface area contributed by atoms with Gasteiger partial charge in [0.15, 0.2) is 0 Å². The van der Waals surface area contributed by atoms with Crippen LogP contribution in [0.15, 0.2) is 30.3 Å². The summed E-state index contributed by atoms with van der Waals surface area (Å²) >= 11 is 0. The average molecular weight is 437 g/mol. The van der Waals surface area contributed by atoms with E-state index in [2.05, 4.69) is 16.0 Å². The third kappa shape index (κ3) is 9.14. The number of carboxylic acids is 1. The zero-order valence-electron chi connectivity index (χ0n) is 18.0. The van der Waals surface area contributed by atoms with Crippen LogP contribution in [-0.2, 0) is 25.6 Å². The standard InChI is InChI=1S/C21H32N4O6/c1-12(2)9-16(21(30)31)24-20(29)17(11-26)25-19(28)15(23-18(27)13(3)22)10-14-7-5-4-6-8-14/h4-8,12-13,15-17,26H,9-11,22H2,1-3H3,(H,23,27)(H,24,29)(H,25,28)(H,30,31). The van der Waals surface area contributed by atoms with Crippen molar-refractivity contribution in [2.75, 3.05) is 6.61 Å². The van der Waals surface area contributed by atoms with Crippen LogP contribution >= 0.6 is 0 Å². The Morgan fingerprint density at radius 1 is 0.871 bits per heavy atom. The molecule has 10 heteroatoms. The van der Waals surface area contributed by atoms with Gasteiger partial charge in [0.05, 0.1) is 12.6 Å². The number of aliphatic hydroxyl groups excluding tert-OH is 1. The summed E-state index contributed by atoms with van der Waals surface area (Å²) in [6, 6.07) is 4.48. The Morgan fingerprint density at radius 2 is 1.39 bits per heavy atom. The molecule has 0 aliphatic heterocycles. The van der Waals surface area contributed by atoms with Crippen molar-refractivity contribution in [3.8, 4) is 0 Å². The fourth-order valence-electron chi connectivity index (χ4n) is 2.79. The summed E-state index contributed by atoms with van der Waals surface area (Å²) in [7, 11) is 0. The van der Waals surface area contributed by atoms with Gasteiger partial charge < -0.3 is 31.9 Å². The smallest absolute Gasteiger partial charge is 0.326 e. The van der Waals surface area contributed by atoms with Crippen molar-refractivity contribution in [1.29, 1.82) is 0 Å². The molecule has 0 radical (unpaired) electrons. The SMILES string of the molecule is CC(C)CC(NC(=O)C(CO)NC(=O)C(Cc1ccccc1)NC(=O)C(C)N)C(=O)O. The second-order valence-corrected chi connectivity index (χ2v) is 7.81. The number of benzene rings is 1. The monoisotopic (exact) mass is 436 g/mol. The number of carbonyl (C=O) groups excluding carboxylic acids is 3. The maximum atomic E-state index is 12.8. The predicted molar refractivity (Wildman–Crippen MR) is 114 cm³/mol. The fraction of sp³-hybridized carbons (Fsp3) is 0.524. The molecular formula is C21H32N4O6. The lowest BCUT2D eigenvalue weighted by molar-refractivity contribution is -0.143. The number of carboxylic acid groups (broad SMARTS) is 1. The number of hydrogen-bond acceptors (Lipinski definition) is 6. The number of rotatable bonds is 12. The Hall–Kier alpha value is -2.98. The first kappa shape index (κ1) is 26.1. The molecule has 1 aromatic rings. The molecular weight excluding hydrogens is 404 g/mol. The van der Waals surface area contributed by atoms with Crippen LogP contribution in [0.5, 0.6) is 0 Å². The van der Waals surface area contributed by atoms with E-state index in [1.54, 1.807) is 30.3 Å². The van der Waals surface area contributed by atoms with E-state index >= 15 is 0 Å². The summed E-state index contributed by atoms with van der Waals surface area (Å²) in [5, 5.41) is 26.1. The van der Waals surface area contributed by atoms with E-state index in [9.17, 15) is 29.4 Å². The van der Waals surface area contributed by atoms with Crippen LogP contribution in [0.4, 0.5) is 0 Å². The van der Waals surface area contributed by atoms with Crippen LogP contribution in [0.25, 0.3) is 0 Å². The highest BCUT2D eigenvalue weighted by Gasteiger charge is 2.30. The molecule has 31 heavy (non-hydrogen) atoms. The van der Waals surface area contributed by atoms with Crippen molar-refractivity contribution < 1.29 is 29.4 Å². The number of hydrogen-bond donors (Lipinski definition) is 6. The number of carbonyl (C=O) groups is 4. The molecule has 1 aromatic carbocycles. The number of aliphatic hydroxyl groups is 1. The third-order valence-electron chi connectivity index (χ3n) is 4.47. The molecule has 1 rings (SSSR count). The molecule has 0 aliphatic carbocycles. The van der Waals surface area contributed by atoms with Gasteiger partial charge in [0.25, 0.3) is 0 Å². The molecule has 0 aromatic heterocycles. The largest absolute Gasteiger partial charge is 0.480 e. The van der Waals surface area contributed by atoms with Crippen LogP contribution in [0.3, 0.4) is 0 Å². The van der Waals surface area contributed by atoms with E-state index in [0.29, 0.717) is 0 Å². The third-order valence-corrected chi connectivity index (χ3v) is 4.47. The van der Waals surface area contributed by atoms with Crippen LogP contribution < -0.4 is 21.7 Å². The molecule has 0 saturated carbocycles. The first-order chi connectivity index (χ1) is 14.5. The van der Waals surface area contributed by atoms with Crippen LogP contribution in [-0.4, -0.2) is 64.7 Å². The molecule has 0 saturated heterocycles. The van der Waals surface area contributed by atoms with Gasteiger partial charge >= 0.3 is 5.97 Å². The molecule has 0 bridgehead atoms. The van der Waals surface area contributed by atoms with E-state index < -0.39 is 54.5 Å². The van der Waals surface area contributed by atoms with E-state index in [-0.39, 0.29) is 18.8 Å². The van der Waals surface area contributed by atoms with Gasteiger partial charge in [-0.15, -0.1) is 0 Å². The zero-order valence-corrected chi connectivity index (χ0v) is 18.0. The molecule has 4 atom stereocenters. The maximum Gasteiger partial charge on any atom is 0.326 e. The van der Waals surface area contributed by atoms with Crippen molar-refractivity contribution in [3.63, 3.8) is 0 Å². The van der Waals surface area contributed by atoms with Crippen LogP contribution in [0.2, 0.25) is 0 Å². The van der Waals surface area contributed by atoms with E-state index in [0.717, 1.165) is 5.56 Å². The number of aliphatic carboxylic acids is 1. The second kappa shape index (κ2) is 12.7. The lowest BCUT2D eigenvalue weighted by Crippen LogP contribution is -2.58. The molecule has 0 heterocycles. The minimum absolute atomic E-state index is 0.00675. The summed E-state index contributed by atoms with van der Waals surface area (Å²) in [4.78, 5) is 48.7. The Morgan fingerprint density at radius 3 is 1.87 bits per heavy atom. The molecule has 4 unspecified atom stereocenters. The predicted octanol–water partition coefficient (Wildman–Crippen LogP) is -0.846. The Bertz CT molecular complexity index is 753. The zero-order chi connectivity index (χ0) is 23.6. The molecule has 10 nitrogen and oxygen atoms in total. The molecule has 3 amide bonds.